The van der Waals surface area contributed by atoms with Crippen LogP contribution in [0.25, 0.3) is 21.3 Å². The number of aromatic nitrogens is 1. The smallest absolute Gasteiger partial charge is 0.410 e. The summed E-state index contributed by atoms with van der Waals surface area (Å²) < 4.78 is 18.5. The van der Waals surface area contributed by atoms with Gasteiger partial charge in [0.15, 0.2) is 8.32 Å². The average molecular weight is 672 g/mol. The Morgan fingerprint density at radius 1 is 1.11 bits per heavy atom. The number of carbonyl (C=O) groups excluding carboxylic acids is 2. The summed E-state index contributed by atoms with van der Waals surface area (Å²) in [6, 6.07) is 7.83. The molecule has 3 aromatic rings. The van der Waals surface area contributed by atoms with E-state index in [4.69, 9.17) is 25.5 Å². The minimum absolute atomic E-state index is 0.0626. The number of halogens is 1. The summed E-state index contributed by atoms with van der Waals surface area (Å²) in [7, 11) is -0.654. The molecule has 0 N–H and O–H groups in total. The van der Waals surface area contributed by atoms with Crippen LogP contribution in [0.15, 0.2) is 30.5 Å². The molecule has 0 bridgehead atoms. The zero-order valence-corrected chi connectivity index (χ0v) is 30.5. The molecule has 8 nitrogen and oxygen atoms in total. The van der Waals surface area contributed by atoms with Crippen LogP contribution in [0, 0.1) is 0 Å². The molecule has 1 aromatic carbocycles. The van der Waals surface area contributed by atoms with Gasteiger partial charge >= 0.3 is 12.1 Å². The highest BCUT2D eigenvalue weighted by atomic mass is 35.5. The van der Waals surface area contributed by atoms with Gasteiger partial charge in [-0.25, -0.2) is 9.59 Å². The first-order valence-electron chi connectivity index (χ1n) is 15.7. The van der Waals surface area contributed by atoms with Gasteiger partial charge in [-0.2, -0.15) is 0 Å². The van der Waals surface area contributed by atoms with Gasteiger partial charge in [-0.3, -0.25) is 4.98 Å². The molecule has 1 fully saturated rings. The number of esters is 1. The number of methoxy groups -OCH3 is 1. The third-order valence-corrected chi connectivity index (χ3v) is 15.1. The van der Waals surface area contributed by atoms with Crippen LogP contribution in [0.4, 0.5) is 10.5 Å². The van der Waals surface area contributed by atoms with Crippen molar-refractivity contribution in [3.63, 3.8) is 0 Å². The van der Waals surface area contributed by atoms with Crippen molar-refractivity contribution in [1.82, 2.24) is 9.88 Å². The topological polar surface area (TPSA) is 81.2 Å². The predicted octanol–water partition coefficient (Wildman–Crippen LogP) is 8.56. The largest absolute Gasteiger partial charge is 0.465 e. The maximum Gasteiger partial charge on any atom is 0.410 e. The summed E-state index contributed by atoms with van der Waals surface area (Å²) in [6.07, 6.45) is 4.14. The summed E-state index contributed by atoms with van der Waals surface area (Å²) in [5.74, 6) is -0.377. The van der Waals surface area contributed by atoms with Gasteiger partial charge in [0.1, 0.15) is 10.5 Å². The van der Waals surface area contributed by atoms with Crippen molar-refractivity contribution in [3.05, 3.63) is 45.9 Å². The molecule has 2 atom stereocenters. The molecule has 1 saturated heterocycles. The van der Waals surface area contributed by atoms with Crippen molar-refractivity contribution in [2.45, 2.75) is 96.6 Å². The van der Waals surface area contributed by atoms with Gasteiger partial charge in [0.2, 0.25) is 0 Å². The lowest BCUT2D eigenvalue weighted by atomic mass is 9.92. The minimum atomic E-state index is -2.04. The number of ether oxygens (including phenoxy) is 2. The number of carbonyl (C=O) groups is 2. The van der Waals surface area contributed by atoms with Gasteiger partial charge < -0.3 is 23.7 Å². The molecule has 1 amide bonds. The second-order valence-corrected chi connectivity index (χ2v) is 21.0. The van der Waals surface area contributed by atoms with E-state index in [1.165, 1.54) is 24.0 Å². The fourth-order valence-electron chi connectivity index (χ4n) is 6.00. The molecule has 0 spiro atoms. The number of fused-ring (bicyclic) bond motifs is 2. The number of anilines is 1. The number of hydrogen-bond donors (Lipinski definition) is 0. The molecule has 2 aliphatic heterocycles. The molecule has 2 aromatic heterocycles. The first-order chi connectivity index (χ1) is 21.0. The van der Waals surface area contributed by atoms with Gasteiger partial charge in [0, 0.05) is 47.2 Å². The molecule has 11 heteroatoms. The van der Waals surface area contributed by atoms with Crippen LogP contribution in [-0.4, -0.2) is 74.8 Å². The molecule has 0 saturated carbocycles. The number of amides is 1. The molecule has 5 rings (SSSR count). The van der Waals surface area contributed by atoms with E-state index >= 15 is 0 Å². The van der Waals surface area contributed by atoms with Crippen molar-refractivity contribution in [2.24, 2.45) is 0 Å². The summed E-state index contributed by atoms with van der Waals surface area (Å²) in [6.45, 7) is 18.8. The highest BCUT2D eigenvalue weighted by Crippen LogP contribution is 2.46. The lowest BCUT2D eigenvalue weighted by molar-refractivity contribution is 0.0180. The Morgan fingerprint density at radius 3 is 2.51 bits per heavy atom. The van der Waals surface area contributed by atoms with Crippen LogP contribution in [0.3, 0.4) is 0 Å². The Bertz CT molecular complexity index is 1590. The first-order valence-corrected chi connectivity index (χ1v) is 19.8. The third-order valence-electron chi connectivity index (χ3n) is 9.28. The summed E-state index contributed by atoms with van der Waals surface area (Å²) in [5.41, 5.74) is 4.44. The maximum atomic E-state index is 13.6. The van der Waals surface area contributed by atoms with E-state index in [1.807, 2.05) is 37.8 Å². The van der Waals surface area contributed by atoms with Crippen LogP contribution >= 0.6 is 22.9 Å². The minimum Gasteiger partial charge on any atom is -0.465 e. The number of likely N-dealkylation sites (tertiary alicyclic amines) is 1. The van der Waals surface area contributed by atoms with Crippen molar-refractivity contribution < 1.29 is 23.5 Å². The van der Waals surface area contributed by atoms with Crippen LogP contribution < -0.4 is 4.90 Å². The van der Waals surface area contributed by atoms with Crippen molar-refractivity contribution in [2.75, 3.05) is 31.7 Å². The fourth-order valence-corrected chi connectivity index (χ4v) is 8.34. The number of nitrogens with zero attached hydrogens (tertiary/aromatic N) is 3. The maximum absolute atomic E-state index is 13.6. The number of benzene rings is 1. The Hall–Kier alpha value is -2.66. The molecule has 0 unspecified atom stereocenters. The average Bonchev–Trinajstić information content (AvgIpc) is 3.58. The summed E-state index contributed by atoms with van der Waals surface area (Å²) in [4.78, 5) is 35.4. The predicted molar refractivity (Wildman–Crippen MR) is 185 cm³/mol. The lowest BCUT2D eigenvalue weighted by Gasteiger charge is -2.38. The third kappa shape index (κ3) is 7.04. The standard InChI is InChI=1S/C34H46ClN3O5SSi/c1-33(2,3)43-32(40)38-19-23(17-24(38)20-42-45(8,9)34(4,5)6)37-14-10-11-21-15-22(35)16-26(29(21)37)25-12-13-36-27-18-28(31(39)41-7)44-30(25)27/h12-13,15-16,18,23-24H,10-11,14,17,19-20H2,1-9H3/t23-,24+/m1/s1. The van der Waals surface area contributed by atoms with Crippen molar-refractivity contribution in [3.8, 4) is 11.1 Å². The summed E-state index contributed by atoms with van der Waals surface area (Å²) in [5, 5.41) is 0.732. The Balaban J connectivity index is 1.54. The number of pyridine rings is 1. The molecule has 4 heterocycles. The van der Waals surface area contributed by atoms with Gasteiger partial charge in [-0.15, -0.1) is 11.3 Å². The van der Waals surface area contributed by atoms with E-state index in [9.17, 15) is 9.59 Å². The Kier molecular flexibility index (Phi) is 9.36. The fraction of sp³-hybridized carbons (Fsp3) is 0.559. The van der Waals surface area contributed by atoms with Crippen LogP contribution in [-0.2, 0) is 20.3 Å². The first kappa shape index (κ1) is 33.7. The van der Waals surface area contributed by atoms with Crippen LogP contribution in [0.2, 0.25) is 23.2 Å². The van der Waals surface area contributed by atoms with Gasteiger partial charge in [0.25, 0.3) is 0 Å². The van der Waals surface area contributed by atoms with E-state index in [0.717, 1.165) is 52.8 Å². The molecule has 244 valence electrons. The van der Waals surface area contributed by atoms with Crippen molar-refractivity contribution in [1.29, 1.82) is 0 Å². The van der Waals surface area contributed by atoms with Crippen LogP contribution in [0.1, 0.15) is 69.6 Å². The second-order valence-electron chi connectivity index (χ2n) is 14.7. The monoisotopic (exact) mass is 671 g/mol. The molecule has 0 aliphatic carbocycles. The van der Waals surface area contributed by atoms with Gasteiger partial charge in [-0.1, -0.05) is 32.4 Å². The quantitative estimate of drug-likeness (QED) is 0.192. The molecular weight excluding hydrogens is 626 g/mol. The highest BCUT2D eigenvalue weighted by Gasteiger charge is 2.44. The highest BCUT2D eigenvalue weighted by molar-refractivity contribution is 7.21. The van der Waals surface area contributed by atoms with E-state index in [2.05, 4.69) is 49.8 Å². The van der Waals surface area contributed by atoms with Gasteiger partial charge in [0.05, 0.1) is 30.0 Å². The van der Waals surface area contributed by atoms with E-state index in [-0.39, 0.29) is 29.2 Å². The van der Waals surface area contributed by atoms with Crippen LogP contribution in [0.5, 0.6) is 0 Å². The summed E-state index contributed by atoms with van der Waals surface area (Å²) >= 11 is 8.13. The number of thiophene rings is 1. The normalized spacial score (nSPS) is 19.2. The second kappa shape index (κ2) is 12.5. The van der Waals surface area contributed by atoms with E-state index in [1.54, 1.807) is 12.3 Å². The SMILES string of the molecule is COC(=O)c1cc2nccc(-c3cc(Cl)cc4c3N([C@@H]3C[C@@H](CO[Si](C)(C)C(C)(C)C)N(C(=O)OC(C)(C)C)C3)CCC4)c2s1. The lowest BCUT2D eigenvalue weighted by Crippen LogP contribution is -2.47. The Morgan fingerprint density at radius 2 is 1.84 bits per heavy atom. The molecule has 2 aliphatic rings. The van der Waals surface area contributed by atoms with E-state index < -0.39 is 13.9 Å². The molecule has 45 heavy (non-hydrogen) atoms. The molecule has 0 radical (unpaired) electrons. The number of aryl methyl sites for hydroxylation is 1. The number of hydrogen-bond acceptors (Lipinski definition) is 8. The zero-order chi connectivity index (χ0) is 32.9. The number of rotatable bonds is 6. The zero-order valence-electron chi connectivity index (χ0n) is 28.0. The molecular formula is C34H46ClN3O5SSi. The van der Waals surface area contributed by atoms with Gasteiger partial charge in [-0.05, 0) is 88.0 Å². The van der Waals surface area contributed by atoms with E-state index in [0.29, 0.717) is 23.1 Å². The Labute approximate surface area is 277 Å². The van der Waals surface area contributed by atoms with Crippen molar-refractivity contribution >= 4 is 59.2 Å².